The van der Waals surface area contributed by atoms with Crippen molar-refractivity contribution in [2.75, 3.05) is 6.61 Å². The van der Waals surface area contributed by atoms with Crippen molar-refractivity contribution in [2.45, 2.75) is 38.4 Å². The van der Waals surface area contributed by atoms with Crippen LogP contribution >= 0.6 is 0 Å². The van der Waals surface area contributed by atoms with E-state index in [2.05, 4.69) is 0 Å². The van der Waals surface area contributed by atoms with Crippen LogP contribution in [-0.4, -0.2) is 34.3 Å². The van der Waals surface area contributed by atoms with E-state index in [1.807, 2.05) is 35.3 Å². The quantitative estimate of drug-likeness (QED) is 0.756. The molecule has 3 atom stereocenters. The molecule has 1 fully saturated rings. The summed E-state index contributed by atoms with van der Waals surface area (Å²) in [6.45, 7) is 1.72. The van der Waals surface area contributed by atoms with Crippen LogP contribution in [0.3, 0.4) is 0 Å². The van der Waals surface area contributed by atoms with Crippen molar-refractivity contribution >= 4 is 5.97 Å². The zero-order valence-corrected chi connectivity index (χ0v) is 14.6. The third kappa shape index (κ3) is 4.69. The number of ether oxygens (including phenoxy) is 3. The summed E-state index contributed by atoms with van der Waals surface area (Å²) in [5.74, 6) is -1.61. The first-order valence-electron chi connectivity index (χ1n) is 8.39. The summed E-state index contributed by atoms with van der Waals surface area (Å²) in [6.07, 6.45) is -1.28. The predicted octanol–water partition coefficient (Wildman–Crippen LogP) is 1.11. The Morgan fingerprint density at radius 3 is 2.78 bits per heavy atom. The Balaban J connectivity index is 1.70. The van der Waals surface area contributed by atoms with Gasteiger partial charge in [0.15, 0.2) is 0 Å². The Labute approximate surface area is 153 Å². The van der Waals surface area contributed by atoms with E-state index in [4.69, 9.17) is 14.2 Å². The maximum atomic E-state index is 13.5. The Bertz CT molecular complexity index is 910. The van der Waals surface area contributed by atoms with E-state index in [1.165, 1.54) is 6.92 Å². The number of hydrogen-bond acceptors (Lipinski definition) is 6. The standard InChI is InChI=1S/C18H19FN2O6/c1-11(22)26-14-7-16(21-8-13(19)17(23)20-18(21)24)27-15(14)10-25-9-12-5-3-2-4-6-12/h2-6,8,14-16H,7,9-10H2,1H3,(H,20,23,24)/t14?,15-,16-/m0/s1. The van der Waals surface area contributed by atoms with E-state index < -0.39 is 41.5 Å². The fourth-order valence-electron chi connectivity index (χ4n) is 2.90. The second kappa shape index (κ2) is 8.28. The summed E-state index contributed by atoms with van der Waals surface area (Å²) in [7, 11) is 0. The van der Waals surface area contributed by atoms with Crippen LogP contribution in [-0.2, 0) is 25.6 Å². The molecule has 9 heteroatoms. The molecule has 1 N–H and O–H groups in total. The van der Waals surface area contributed by atoms with Crippen molar-refractivity contribution in [3.8, 4) is 0 Å². The Morgan fingerprint density at radius 2 is 2.07 bits per heavy atom. The van der Waals surface area contributed by atoms with Crippen LogP contribution in [0.25, 0.3) is 0 Å². The first-order chi connectivity index (χ1) is 12.9. The zero-order valence-electron chi connectivity index (χ0n) is 14.6. The molecule has 1 aliphatic heterocycles. The molecular formula is C18H19FN2O6. The van der Waals surface area contributed by atoms with Crippen molar-refractivity contribution in [3.05, 3.63) is 68.7 Å². The van der Waals surface area contributed by atoms with Gasteiger partial charge in [-0.25, -0.2) is 4.79 Å². The lowest BCUT2D eigenvalue weighted by atomic mass is 10.2. The van der Waals surface area contributed by atoms with Crippen LogP contribution in [0, 0.1) is 5.82 Å². The Hall–Kier alpha value is -2.78. The fraction of sp³-hybridized carbons (Fsp3) is 0.389. The number of rotatable bonds is 6. The van der Waals surface area contributed by atoms with Crippen LogP contribution in [0.15, 0.2) is 46.1 Å². The molecule has 3 rings (SSSR count). The van der Waals surface area contributed by atoms with Gasteiger partial charge in [-0.05, 0) is 5.56 Å². The SMILES string of the molecule is CC(=O)OC1C[C@@H](n2cc(F)c(=O)[nH]c2=O)O[C@H]1COCc1ccccc1. The van der Waals surface area contributed by atoms with Gasteiger partial charge in [-0.15, -0.1) is 0 Å². The molecule has 2 heterocycles. The molecule has 8 nitrogen and oxygen atoms in total. The molecule has 1 aromatic heterocycles. The number of nitrogens with zero attached hydrogens (tertiary/aromatic N) is 1. The second-order valence-electron chi connectivity index (χ2n) is 6.16. The highest BCUT2D eigenvalue weighted by molar-refractivity contribution is 5.66. The predicted molar refractivity (Wildman–Crippen MR) is 91.5 cm³/mol. The van der Waals surface area contributed by atoms with E-state index in [0.29, 0.717) is 6.61 Å². The van der Waals surface area contributed by atoms with Crippen molar-refractivity contribution < 1.29 is 23.4 Å². The molecule has 2 aromatic rings. The minimum Gasteiger partial charge on any atom is -0.460 e. The van der Waals surface area contributed by atoms with Crippen LogP contribution in [0.5, 0.6) is 0 Å². The fourth-order valence-corrected chi connectivity index (χ4v) is 2.90. The number of nitrogens with one attached hydrogen (secondary N) is 1. The maximum Gasteiger partial charge on any atom is 0.330 e. The van der Waals surface area contributed by atoms with Gasteiger partial charge >= 0.3 is 11.7 Å². The molecule has 0 aliphatic carbocycles. The number of halogens is 1. The van der Waals surface area contributed by atoms with Gasteiger partial charge in [0.2, 0.25) is 5.82 Å². The first kappa shape index (κ1) is 19.0. The highest BCUT2D eigenvalue weighted by Crippen LogP contribution is 2.30. The molecule has 1 aromatic carbocycles. The van der Waals surface area contributed by atoms with Crippen molar-refractivity contribution in [1.29, 1.82) is 0 Å². The number of carbonyl (C=O) groups excluding carboxylic acids is 1. The molecule has 1 saturated heterocycles. The van der Waals surface area contributed by atoms with Crippen LogP contribution in [0.2, 0.25) is 0 Å². The molecule has 0 bridgehead atoms. The van der Waals surface area contributed by atoms with Crippen molar-refractivity contribution in [3.63, 3.8) is 0 Å². The number of benzene rings is 1. The van der Waals surface area contributed by atoms with Gasteiger partial charge in [0.25, 0.3) is 5.56 Å². The molecule has 0 radical (unpaired) electrons. The van der Waals surface area contributed by atoms with Crippen LogP contribution in [0.1, 0.15) is 25.1 Å². The van der Waals surface area contributed by atoms with E-state index in [0.717, 1.165) is 16.3 Å². The monoisotopic (exact) mass is 378 g/mol. The molecule has 27 heavy (non-hydrogen) atoms. The van der Waals surface area contributed by atoms with Gasteiger partial charge in [0.05, 0.1) is 19.4 Å². The van der Waals surface area contributed by atoms with E-state index in [9.17, 15) is 18.8 Å². The lowest BCUT2D eigenvalue weighted by molar-refractivity contribution is -0.151. The third-order valence-corrected chi connectivity index (χ3v) is 4.13. The molecule has 144 valence electrons. The number of hydrogen-bond donors (Lipinski definition) is 1. The largest absolute Gasteiger partial charge is 0.460 e. The van der Waals surface area contributed by atoms with Gasteiger partial charge in [0.1, 0.15) is 18.4 Å². The summed E-state index contributed by atoms with van der Waals surface area (Å²) in [5.41, 5.74) is -0.942. The highest BCUT2D eigenvalue weighted by atomic mass is 19.1. The van der Waals surface area contributed by atoms with Crippen LogP contribution < -0.4 is 11.2 Å². The number of carbonyl (C=O) groups is 1. The molecular weight excluding hydrogens is 359 g/mol. The summed E-state index contributed by atoms with van der Waals surface area (Å²) >= 11 is 0. The lowest BCUT2D eigenvalue weighted by Crippen LogP contribution is -2.34. The smallest absolute Gasteiger partial charge is 0.330 e. The topological polar surface area (TPSA) is 99.6 Å². The van der Waals surface area contributed by atoms with Gasteiger partial charge in [-0.1, -0.05) is 30.3 Å². The van der Waals surface area contributed by atoms with Crippen molar-refractivity contribution in [1.82, 2.24) is 9.55 Å². The van der Waals surface area contributed by atoms with E-state index >= 15 is 0 Å². The highest BCUT2D eigenvalue weighted by Gasteiger charge is 2.39. The summed E-state index contributed by atoms with van der Waals surface area (Å²) in [4.78, 5) is 36.4. The van der Waals surface area contributed by atoms with Gasteiger partial charge in [0, 0.05) is 13.3 Å². The minimum atomic E-state index is -1.11. The zero-order chi connectivity index (χ0) is 19.4. The molecule has 0 amide bonds. The summed E-state index contributed by atoms with van der Waals surface area (Å²) < 4.78 is 31.1. The third-order valence-electron chi connectivity index (χ3n) is 4.13. The maximum absolute atomic E-state index is 13.5. The van der Waals surface area contributed by atoms with Gasteiger partial charge < -0.3 is 14.2 Å². The lowest BCUT2D eigenvalue weighted by Gasteiger charge is -2.18. The second-order valence-corrected chi connectivity index (χ2v) is 6.16. The van der Waals surface area contributed by atoms with Gasteiger partial charge in [-0.3, -0.25) is 19.1 Å². The number of H-pyrrole nitrogens is 1. The molecule has 1 unspecified atom stereocenters. The van der Waals surface area contributed by atoms with Crippen LogP contribution in [0.4, 0.5) is 4.39 Å². The minimum absolute atomic E-state index is 0.115. The van der Waals surface area contributed by atoms with E-state index in [1.54, 1.807) is 0 Å². The van der Waals surface area contributed by atoms with Crippen molar-refractivity contribution in [2.24, 2.45) is 0 Å². The Kier molecular flexibility index (Phi) is 5.82. The molecule has 0 saturated carbocycles. The number of aromatic nitrogens is 2. The average Bonchev–Trinajstić information content (AvgIpc) is 3.01. The molecule has 1 aliphatic rings. The summed E-state index contributed by atoms with van der Waals surface area (Å²) in [6, 6.07) is 9.49. The average molecular weight is 378 g/mol. The van der Waals surface area contributed by atoms with E-state index in [-0.39, 0.29) is 13.0 Å². The summed E-state index contributed by atoms with van der Waals surface area (Å²) in [5, 5.41) is 0. The number of esters is 1. The normalized spacial score (nSPS) is 21.9. The van der Waals surface area contributed by atoms with Gasteiger partial charge in [-0.2, -0.15) is 4.39 Å². The number of aromatic amines is 1. The Morgan fingerprint density at radius 1 is 1.33 bits per heavy atom. The first-order valence-corrected chi connectivity index (χ1v) is 8.39. The molecule has 0 spiro atoms.